The summed E-state index contributed by atoms with van der Waals surface area (Å²) in [4.78, 5) is 24.3. The summed E-state index contributed by atoms with van der Waals surface area (Å²) in [5, 5.41) is 7.02. The molecule has 130 valence electrons. The number of hydrogen-bond donors (Lipinski definition) is 2. The van der Waals surface area contributed by atoms with E-state index in [4.69, 9.17) is 0 Å². The molecule has 0 saturated heterocycles. The average Bonchev–Trinajstić information content (AvgIpc) is 3.33. The fourth-order valence-corrected chi connectivity index (χ4v) is 3.66. The van der Waals surface area contributed by atoms with E-state index in [9.17, 15) is 4.79 Å². The van der Waals surface area contributed by atoms with Crippen LogP contribution in [0, 0.1) is 0 Å². The van der Waals surface area contributed by atoms with Crippen LogP contribution in [0.5, 0.6) is 0 Å². The van der Waals surface area contributed by atoms with Gasteiger partial charge in [-0.2, -0.15) is 0 Å². The molecule has 1 amide bonds. The lowest BCUT2D eigenvalue weighted by Crippen LogP contribution is -2.22. The monoisotopic (exact) mass is 362 g/mol. The van der Waals surface area contributed by atoms with Gasteiger partial charge < -0.3 is 10.3 Å². The Morgan fingerprint density at radius 2 is 2.04 bits per heavy atom. The summed E-state index contributed by atoms with van der Waals surface area (Å²) in [5.41, 5.74) is 3.98. The standard InChI is InChI=1S/C20H18N4OS/c25-19(23-12-14-11-22-17-6-2-1-5-16(14)17)9-8-15-13-26-20(24-15)18-7-3-4-10-21-18/h1-7,10-11,13,22H,8-9,12H2,(H,23,25). The van der Waals surface area contributed by atoms with Gasteiger partial charge >= 0.3 is 0 Å². The van der Waals surface area contributed by atoms with E-state index in [0.29, 0.717) is 19.4 Å². The van der Waals surface area contributed by atoms with Crippen LogP contribution in [0.4, 0.5) is 0 Å². The first-order valence-electron chi connectivity index (χ1n) is 8.47. The van der Waals surface area contributed by atoms with Gasteiger partial charge in [-0.25, -0.2) is 4.98 Å². The molecule has 0 spiro atoms. The second-order valence-electron chi connectivity index (χ2n) is 6.00. The SMILES string of the molecule is O=C(CCc1csc(-c2ccccn2)n1)NCc1c[nH]c2ccccc12. The summed E-state index contributed by atoms with van der Waals surface area (Å²) in [6.07, 6.45) is 4.76. The van der Waals surface area contributed by atoms with Crippen molar-refractivity contribution in [2.24, 2.45) is 0 Å². The molecular formula is C20H18N4OS. The predicted molar refractivity (Wildman–Crippen MR) is 104 cm³/mol. The Labute approximate surface area is 155 Å². The molecule has 0 bridgehead atoms. The molecule has 4 rings (SSSR count). The molecule has 0 atom stereocenters. The van der Waals surface area contributed by atoms with Crippen molar-refractivity contribution in [3.05, 3.63) is 71.5 Å². The quantitative estimate of drug-likeness (QED) is 0.546. The molecule has 6 heteroatoms. The van der Waals surface area contributed by atoms with Crippen molar-refractivity contribution >= 4 is 28.1 Å². The Morgan fingerprint density at radius 3 is 2.92 bits per heavy atom. The van der Waals surface area contributed by atoms with Crippen molar-refractivity contribution in [2.45, 2.75) is 19.4 Å². The minimum absolute atomic E-state index is 0.0302. The number of aromatic amines is 1. The Balaban J connectivity index is 1.31. The van der Waals surface area contributed by atoms with Crippen molar-refractivity contribution in [1.29, 1.82) is 0 Å². The second-order valence-corrected chi connectivity index (χ2v) is 6.85. The smallest absolute Gasteiger partial charge is 0.220 e. The van der Waals surface area contributed by atoms with Crippen LogP contribution in [0.3, 0.4) is 0 Å². The van der Waals surface area contributed by atoms with Crippen LogP contribution in [0.1, 0.15) is 17.7 Å². The van der Waals surface area contributed by atoms with Crippen LogP contribution in [0.15, 0.2) is 60.2 Å². The summed E-state index contributed by atoms with van der Waals surface area (Å²) < 4.78 is 0. The van der Waals surface area contributed by atoms with Gasteiger partial charge in [-0.1, -0.05) is 24.3 Å². The van der Waals surface area contributed by atoms with E-state index in [1.165, 1.54) is 0 Å². The lowest BCUT2D eigenvalue weighted by atomic mass is 10.1. The number of amides is 1. The van der Waals surface area contributed by atoms with Gasteiger partial charge in [0, 0.05) is 41.6 Å². The molecule has 0 aliphatic rings. The number of para-hydroxylation sites is 1. The van der Waals surface area contributed by atoms with Crippen LogP contribution in [-0.2, 0) is 17.8 Å². The number of nitrogens with zero attached hydrogens (tertiary/aromatic N) is 2. The van der Waals surface area contributed by atoms with E-state index in [-0.39, 0.29) is 5.91 Å². The zero-order valence-corrected chi connectivity index (χ0v) is 14.9. The third kappa shape index (κ3) is 3.65. The topological polar surface area (TPSA) is 70.7 Å². The predicted octanol–water partition coefficient (Wildman–Crippen LogP) is 3.94. The number of benzene rings is 1. The number of carbonyl (C=O) groups is 1. The van der Waals surface area contributed by atoms with Crippen LogP contribution in [0.2, 0.25) is 0 Å². The number of rotatable bonds is 6. The number of fused-ring (bicyclic) bond motifs is 1. The Hall–Kier alpha value is -2.99. The van der Waals surface area contributed by atoms with Gasteiger partial charge in [-0.15, -0.1) is 11.3 Å². The molecule has 1 aromatic carbocycles. The summed E-state index contributed by atoms with van der Waals surface area (Å²) in [6.45, 7) is 0.527. The van der Waals surface area contributed by atoms with Gasteiger partial charge in [0.2, 0.25) is 5.91 Å². The molecule has 0 aliphatic heterocycles. The van der Waals surface area contributed by atoms with E-state index in [1.54, 1.807) is 17.5 Å². The largest absolute Gasteiger partial charge is 0.361 e. The molecule has 0 saturated carbocycles. The van der Waals surface area contributed by atoms with E-state index in [1.807, 2.05) is 48.0 Å². The lowest BCUT2D eigenvalue weighted by Gasteiger charge is -2.03. The normalized spacial score (nSPS) is 10.9. The van der Waals surface area contributed by atoms with Crippen LogP contribution in [-0.4, -0.2) is 20.9 Å². The van der Waals surface area contributed by atoms with Crippen LogP contribution < -0.4 is 5.32 Å². The van der Waals surface area contributed by atoms with E-state index < -0.39 is 0 Å². The number of pyridine rings is 1. The summed E-state index contributed by atoms with van der Waals surface area (Å²) in [5.74, 6) is 0.0302. The van der Waals surface area contributed by atoms with Crippen molar-refractivity contribution in [2.75, 3.05) is 0 Å². The van der Waals surface area contributed by atoms with Gasteiger partial charge in [0.25, 0.3) is 0 Å². The maximum atomic E-state index is 12.2. The van der Waals surface area contributed by atoms with Gasteiger partial charge in [0.15, 0.2) is 0 Å². The first kappa shape index (κ1) is 16.5. The van der Waals surface area contributed by atoms with E-state index in [2.05, 4.69) is 26.3 Å². The zero-order valence-electron chi connectivity index (χ0n) is 14.1. The summed E-state index contributed by atoms with van der Waals surface area (Å²) in [7, 11) is 0. The van der Waals surface area contributed by atoms with Gasteiger partial charge in [-0.3, -0.25) is 9.78 Å². The number of aryl methyl sites for hydroxylation is 1. The van der Waals surface area contributed by atoms with Crippen molar-refractivity contribution in [3.63, 3.8) is 0 Å². The molecule has 0 radical (unpaired) electrons. The zero-order chi connectivity index (χ0) is 17.8. The summed E-state index contributed by atoms with van der Waals surface area (Å²) >= 11 is 1.56. The van der Waals surface area contributed by atoms with Crippen molar-refractivity contribution < 1.29 is 4.79 Å². The first-order chi connectivity index (χ1) is 12.8. The number of aromatic nitrogens is 3. The van der Waals surface area contributed by atoms with Crippen molar-refractivity contribution in [1.82, 2.24) is 20.3 Å². The Kier molecular flexibility index (Phi) is 4.75. The molecule has 0 unspecified atom stereocenters. The molecule has 26 heavy (non-hydrogen) atoms. The lowest BCUT2D eigenvalue weighted by molar-refractivity contribution is -0.121. The van der Waals surface area contributed by atoms with Crippen molar-refractivity contribution in [3.8, 4) is 10.7 Å². The number of thiazole rings is 1. The van der Waals surface area contributed by atoms with E-state index in [0.717, 1.165) is 32.9 Å². The van der Waals surface area contributed by atoms with Gasteiger partial charge in [-0.05, 0) is 30.2 Å². The minimum Gasteiger partial charge on any atom is -0.361 e. The highest BCUT2D eigenvalue weighted by Gasteiger charge is 2.09. The molecular weight excluding hydrogens is 344 g/mol. The average molecular weight is 362 g/mol. The fraction of sp³-hybridized carbons (Fsp3) is 0.150. The first-order valence-corrected chi connectivity index (χ1v) is 9.35. The molecule has 0 aliphatic carbocycles. The molecule has 2 N–H and O–H groups in total. The summed E-state index contributed by atoms with van der Waals surface area (Å²) in [6, 6.07) is 13.9. The van der Waals surface area contributed by atoms with Gasteiger partial charge in [0.05, 0.1) is 11.4 Å². The molecule has 0 fully saturated rings. The number of H-pyrrole nitrogens is 1. The minimum atomic E-state index is 0.0302. The Bertz CT molecular complexity index is 1020. The highest BCUT2D eigenvalue weighted by Crippen LogP contribution is 2.22. The molecule has 5 nitrogen and oxygen atoms in total. The highest BCUT2D eigenvalue weighted by molar-refractivity contribution is 7.13. The van der Waals surface area contributed by atoms with Crippen LogP contribution in [0.25, 0.3) is 21.6 Å². The van der Waals surface area contributed by atoms with Crippen LogP contribution >= 0.6 is 11.3 Å². The molecule has 4 aromatic rings. The van der Waals surface area contributed by atoms with E-state index >= 15 is 0 Å². The third-order valence-electron chi connectivity index (χ3n) is 4.19. The third-order valence-corrected chi connectivity index (χ3v) is 5.11. The molecule has 3 heterocycles. The van der Waals surface area contributed by atoms with Gasteiger partial charge in [0.1, 0.15) is 5.01 Å². The fourth-order valence-electron chi connectivity index (χ4n) is 2.83. The highest BCUT2D eigenvalue weighted by atomic mass is 32.1. The number of hydrogen-bond acceptors (Lipinski definition) is 4. The number of nitrogens with one attached hydrogen (secondary N) is 2. The Morgan fingerprint density at radius 1 is 1.15 bits per heavy atom. The molecule has 3 aromatic heterocycles. The maximum Gasteiger partial charge on any atom is 0.220 e. The maximum absolute atomic E-state index is 12.2. The number of carbonyl (C=O) groups excluding carboxylic acids is 1. The second kappa shape index (κ2) is 7.49.